The monoisotopic (exact) mass is 178 g/mol. The number of allylic oxidation sites excluding steroid dienone is 4. The molecule has 0 fully saturated rings. The van der Waals surface area contributed by atoms with Crippen LogP contribution in [0.15, 0.2) is 59.4 Å². The van der Waals surface area contributed by atoms with Crippen LogP contribution in [-0.2, 0) is 6.42 Å². The second-order valence-corrected chi connectivity index (χ2v) is 3.62. The number of benzene rings is 1. The lowest BCUT2D eigenvalue weighted by atomic mass is 9.87. The van der Waals surface area contributed by atoms with E-state index in [0.717, 1.165) is 6.42 Å². The van der Waals surface area contributed by atoms with Gasteiger partial charge >= 0.3 is 0 Å². The van der Waals surface area contributed by atoms with Gasteiger partial charge in [-0.1, -0.05) is 36.4 Å². The molecule has 0 radical (unpaired) electrons. The molecule has 0 spiro atoms. The van der Waals surface area contributed by atoms with Gasteiger partial charge in [-0.2, -0.15) is 0 Å². The first-order valence-electron chi connectivity index (χ1n) is 4.86. The quantitative estimate of drug-likeness (QED) is 0.535. The van der Waals surface area contributed by atoms with Gasteiger partial charge in [0.2, 0.25) is 0 Å². The topological polar surface area (TPSA) is 0 Å². The van der Waals surface area contributed by atoms with Gasteiger partial charge < -0.3 is 0 Å². The van der Waals surface area contributed by atoms with E-state index in [1.165, 1.54) is 22.3 Å². The smallest absolute Gasteiger partial charge is 0.00599 e. The first kappa shape index (κ1) is 7.61. The minimum atomic E-state index is 1.02. The molecule has 3 rings (SSSR count). The van der Waals surface area contributed by atoms with E-state index < -0.39 is 0 Å². The summed E-state index contributed by atoms with van der Waals surface area (Å²) in [4.78, 5) is 0. The molecule has 0 saturated carbocycles. The average molecular weight is 178 g/mol. The van der Waals surface area contributed by atoms with Crippen molar-refractivity contribution in [3.05, 3.63) is 70.5 Å². The summed E-state index contributed by atoms with van der Waals surface area (Å²) in [5.41, 5.74) is 8.67. The zero-order chi connectivity index (χ0) is 9.38. The fraction of sp³-hybridized carbons (Fsp3) is 0.0714. The van der Waals surface area contributed by atoms with Crippen molar-refractivity contribution in [3.8, 4) is 0 Å². The highest BCUT2D eigenvalue weighted by Gasteiger charge is 2.13. The molecule has 0 bridgehead atoms. The average Bonchev–Trinajstić information content (AvgIpc) is 2.26. The largest absolute Gasteiger partial charge is 0.116 e. The van der Waals surface area contributed by atoms with E-state index in [1.807, 2.05) is 12.2 Å². The van der Waals surface area contributed by atoms with E-state index in [4.69, 9.17) is 0 Å². The lowest BCUT2D eigenvalue weighted by Gasteiger charge is -2.17. The predicted molar refractivity (Wildman–Crippen MR) is 58.9 cm³/mol. The maximum absolute atomic E-state index is 3.30. The van der Waals surface area contributed by atoms with Crippen molar-refractivity contribution in [2.75, 3.05) is 0 Å². The van der Waals surface area contributed by atoms with Crippen LogP contribution in [0.25, 0.3) is 6.08 Å². The zero-order valence-electron chi connectivity index (χ0n) is 7.83. The molecule has 2 aliphatic rings. The van der Waals surface area contributed by atoms with Crippen molar-refractivity contribution < 1.29 is 0 Å². The molecule has 1 aromatic rings. The molecular formula is C14H10. The van der Waals surface area contributed by atoms with Crippen LogP contribution < -0.4 is 0 Å². The molecule has 1 aromatic carbocycles. The van der Waals surface area contributed by atoms with E-state index in [0.29, 0.717) is 0 Å². The van der Waals surface area contributed by atoms with Gasteiger partial charge in [0, 0.05) is 12.0 Å². The second-order valence-electron chi connectivity index (χ2n) is 3.62. The van der Waals surface area contributed by atoms with E-state index >= 15 is 0 Å². The summed E-state index contributed by atoms with van der Waals surface area (Å²) < 4.78 is 0. The third-order valence-electron chi connectivity index (χ3n) is 2.71. The Labute approximate surface area is 83.6 Å². The number of hydrogen-bond acceptors (Lipinski definition) is 0. The molecule has 0 saturated heterocycles. The van der Waals surface area contributed by atoms with Gasteiger partial charge in [-0.25, -0.2) is 0 Å². The van der Waals surface area contributed by atoms with E-state index in [-0.39, 0.29) is 0 Å². The Morgan fingerprint density at radius 3 is 3.07 bits per heavy atom. The van der Waals surface area contributed by atoms with Crippen molar-refractivity contribution in [3.63, 3.8) is 0 Å². The van der Waals surface area contributed by atoms with Crippen LogP contribution in [0.1, 0.15) is 11.1 Å². The summed E-state index contributed by atoms with van der Waals surface area (Å²) in [5.74, 6) is 0. The third kappa shape index (κ3) is 1.09. The van der Waals surface area contributed by atoms with Crippen molar-refractivity contribution in [2.45, 2.75) is 6.42 Å². The first-order chi connectivity index (χ1) is 6.93. The molecule has 0 aromatic heterocycles. The van der Waals surface area contributed by atoms with E-state index in [9.17, 15) is 0 Å². The Kier molecular flexibility index (Phi) is 1.56. The van der Waals surface area contributed by atoms with Gasteiger partial charge in [0.1, 0.15) is 0 Å². The maximum atomic E-state index is 3.30. The zero-order valence-corrected chi connectivity index (χ0v) is 7.83. The normalized spacial score (nSPS) is 16.9. The molecule has 0 unspecified atom stereocenters. The molecule has 14 heavy (non-hydrogen) atoms. The summed E-state index contributed by atoms with van der Waals surface area (Å²) in [6, 6.07) is 8.55. The lowest BCUT2D eigenvalue weighted by molar-refractivity contribution is 1.14. The Morgan fingerprint density at radius 2 is 2.07 bits per heavy atom. The molecule has 2 aliphatic carbocycles. The fourth-order valence-corrected chi connectivity index (χ4v) is 1.97. The van der Waals surface area contributed by atoms with E-state index in [2.05, 4.69) is 42.1 Å². The summed E-state index contributed by atoms with van der Waals surface area (Å²) in [6.07, 6.45) is 9.44. The summed E-state index contributed by atoms with van der Waals surface area (Å²) in [7, 11) is 0. The van der Waals surface area contributed by atoms with E-state index in [1.54, 1.807) is 0 Å². The molecule has 0 aliphatic heterocycles. The SMILES string of the molecule is C1=CC=CC2=Cc3ccccc3CC=12. The minimum absolute atomic E-state index is 1.02. The number of rotatable bonds is 0. The second kappa shape index (κ2) is 2.87. The number of hydrogen-bond donors (Lipinski definition) is 0. The van der Waals surface area contributed by atoms with Gasteiger partial charge in [-0.05, 0) is 28.9 Å². The third-order valence-corrected chi connectivity index (χ3v) is 2.71. The Hall–Kier alpha value is -1.78. The molecule has 0 nitrogen and oxygen atoms in total. The molecule has 0 N–H and O–H groups in total. The Morgan fingerprint density at radius 1 is 1.14 bits per heavy atom. The highest BCUT2D eigenvalue weighted by molar-refractivity contribution is 5.70. The molecule has 0 amide bonds. The van der Waals surface area contributed by atoms with Gasteiger partial charge in [0.05, 0.1) is 0 Å². The summed E-state index contributed by atoms with van der Waals surface area (Å²) in [5, 5.41) is 0. The minimum Gasteiger partial charge on any atom is -0.116 e. The van der Waals surface area contributed by atoms with Crippen LogP contribution in [-0.4, -0.2) is 0 Å². The molecule has 66 valence electrons. The van der Waals surface area contributed by atoms with Gasteiger partial charge in [0.15, 0.2) is 0 Å². The first-order valence-corrected chi connectivity index (χ1v) is 4.86. The van der Waals surface area contributed by atoms with Gasteiger partial charge in [0.25, 0.3) is 0 Å². The van der Waals surface area contributed by atoms with Crippen molar-refractivity contribution in [1.29, 1.82) is 0 Å². The summed E-state index contributed by atoms with van der Waals surface area (Å²) in [6.45, 7) is 0. The van der Waals surface area contributed by atoms with Crippen LogP contribution in [0.3, 0.4) is 0 Å². The highest BCUT2D eigenvalue weighted by atomic mass is 14.2. The van der Waals surface area contributed by atoms with Crippen LogP contribution in [0.2, 0.25) is 0 Å². The van der Waals surface area contributed by atoms with Gasteiger partial charge in [-0.3, -0.25) is 0 Å². The molecule has 0 heteroatoms. The van der Waals surface area contributed by atoms with Crippen LogP contribution in [0, 0.1) is 0 Å². The number of fused-ring (bicyclic) bond motifs is 2. The van der Waals surface area contributed by atoms with Gasteiger partial charge in [-0.15, -0.1) is 5.73 Å². The predicted octanol–water partition coefficient (Wildman–Crippen LogP) is 3.28. The van der Waals surface area contributed by atoms with Crippen molar-refractivity contribution in [1.82, 2.24) is 0 Å². The highest BCUT2D eigenvalue weighted by Crippen LogP contribution is 2.29. The van der Waals surface area contributed by atoms with Crippen LogP contribution >= 0.6 is 0 Å². The Bertz CT molecular complexity index is 507. The van der Waals surface area contributed by atoms with Crippen LogP contribution in [0.5, 0.6) is 0 Å². The fourth-order valence-electron chi connectivity index (χ4n) is 1.97. The van der Waals surface area contributed by atoms with Crippen LogP contribution in [0.4, 0.5) is 0 Å². The summed E-state index contributed by atoms with van der Waals surface area (Å²) >= 11 is 0. The lowest BCUT2D eigenvalue weighted by Crippen LogP contribution is -2.01. The maximum Gasteiger partial charge on any atom is 0.00599 e. The molecule has 0 atom stereocenters. The molecular weight excluding hydrogens is 168 g/mol. The van der Waals surface area contributed by atoms with Crippen molar-refractivity contribution >= 4 is 6.08 Å². The van der Waals surface area contributed by atoms with Crippen molar-refractivity contribution in [2.24, 2.45) is 0 Å². The standard InChI is InChI=1S/C14H10/c1-2-6-12-10-14-8-4-3-7-13(14)9-11(12)5-1/h1-7,9H,10H2. The molecule has 0 heterocycles. The Balaban J connectivity index is 2.24.